The Morgan fingerprint density at radius 3 is 2.54 bits per heavy atom. The van der Waals surface area contributed by atoms with Crippen LogP contribution in [0.4, 0.5) is 11.4 Å². The number of hydrogen-bond acceptors (Lipinski definition) is 5. The normalized spacial score (nSPS) is 14.7. The largest absolute Gasteiger partial charge is 0.493 e. The van der Waals surface area contributed by atoms with Crippen molar-refractivity contribution >= 4 is 23.2 Å². The summed E-state index contributed by atoms with van der Waals surface area (Å²) in [6, 6.07) is 19.0. The molecule has 1 atom stereocenters. The zero-order chi connectivity index (χ0) is 24.9. The van der Waals surface area contributed by atoms with Crippen LogP contribution in [0.5, 0.6) is 17.2 Å². The summed E-state index contributed by atoms with van der Waals surface area (Å²) in [4.78, 5) is 27.4. The third-order valence-electron chi connectivity index (χ3n) is 6.13. The highest BCUT2D eigenvalue weighted by atomic mass is 16.5. The molecule has 35 heavy (non-hydrogen) atoms. The summed E-state index contributed by atoms with van der Waals surface area (Å²) in [6.45, 7) is 4.21. The molecule has 4 rings (SSSR count). The van der Waals surface area contributed by atoms with Crippen LogP contribution < -0.4 is 24.4 Å². The highest BCUT2D eigenvalue weighted by Crippen LogP contribution is 2.37. The van der Waals surface area contributed by atoms with E-state index in [-0.39, 0.29) is 11.8 Å². The Morgan fingerprint density at radius 1 is 1.03 bits per heavy atom. The number of carbonyl (C=O) groups is 2. The number of benzene rings is 3. The molecular formula is C28H30N2O5. The van der Waals surface area contributed by atoms with Gasteiger partial charge in [0.2, 0.25) is 5.91 Å². The second kappa shape index (κ2) is 10.5. The van der Waals surface area contributed by atoms with Gasteiger partial charge in [-0.15, -0.1) is 0 Å². The Balaban J connectivity index is 1.48. The quantitative estimate of drug-likeness (QED) is 0.503. The minimum absolute atomic E-state index is 0.113. The number of fused-ring (bicyclic) bond motifs is 1. The molecule has 1 unspecified atom stereocenters. The van der Waals surface area contributed by atoms with E-state index in [4.69, 9.17) is 14.2 Å². The van der Waals surface area contributed by atoms with E-state index < -0.39 is 6.10 Å². The predicted molar refractivity (Wildman–Crippen MR) is 135 cm³/mol. The molecule has 0 radical (unpaired) electrons. The molecule has 1 N–H and O–H groups in total. The smallest absolute Gasteiger partial charge is 0.268 e. The second-order valence-corrected chi connectivity index (χ2v) is 8.53. The van der Waals surface area contributed by atoms with Crippen molar-refractivity contribution in [3.05, 3.63) is 77.4 Å². The molecule has 1 aliphatic rings. The molecular weight excluding hydrogens is 444 g/mol. The average molecular weight is 475 g/mol. The highest BCUT2D eigenvalue weighted by Gasteiger charge is 2.32. The van der Waals surface area contributed by atoms with Gasteiger partial charge in [0.25, 0.3) is 5.91 Å². The van der Waals surface area contributed by atoms with Crippen LogP contribution in [0.25, 0.3) is 0 Å². The third kappa shape index (κ3) is 5.40. The third-order valence-corrected chi connectivity index (χ3v) is 6.13. The number of ether oxygens (including phenoxy) is 3. The monoisotopic (exact) mass is 474 g/mol. The van der Waals surface area contributed by atoms with Crippen LogP contribution in [-0.4, -0.2) is 32.1 Å². The van der Waals surface area contributed by atoms with Crippen LogP contribution in [0, 0.1) is 6.92 Å². The van der Waals surface area contributed by atoms with Gasteiger partial charge in [0.15, 0.2) is 17.6 Å². The number of methoxy groups -OCH3 is 2. The first-order valence-corrected chi connectivity index (χ1v) is 11.6. The SMILES string of the molecule is COc1ccc(CCC(=O)Nc2ccc3c(c2)N(Cc2ccccc2C)C(=O)C(C)O3)cc1OC. The summed E-state index contributed by atoms with van der Waals surface area (Å²) in [6.07, 6.45) is 0.273. The lowest BCUT2D eigenvalue weighted by Crippen LogP contribution is -2.44. The summed E-state index contributed by atoms with van der Waals surface area (Å²) >= 11 is 0. The van der Waals surface area contributed by atoms with Crippen molar-refractivity contribution in [1.29, 1.82) is 0 Å². The molecule has 0 saturated heterocycles. The van der Waals surface area contributed by atoms with Gasteiger partial charge in [0.05, 0.1) is 26.5 Å². The number of nitrogens with zero attached hydrogens (tertiary/aromatic N) is 1. The zero-order valence-electron chi connectivity index (χ0n) is 20.5. The Kier molecular flexibility index (Phi) is 7.25. The van der Waals surface area contributed by atoms with Crippen LogP contribution in [-0.2, 0) is 22.6 Å². The van der Waals surface area contributed by atoms with Crippen LogP contribution in [0.2, 0.25) is 0 Å². The van der Waals surface area contributed by atoms with E-state index >= 15 is 0 Å². The lowest BCUT2D eigenvalue weighted by Gasteiger charge is -2.33. The molecule has 0 aromatic heterocycles. The Morgan fingerprint density at radius 2 is 1.80 bits per heavy atom. The van der Waals surface area contributed by atoms with Crippen LogP contribution in [0.3, 0.4) is 0 Å². The Labute approximate surface area is 205 Å². The van der Waals surface area contributed by atoms with Gasteiger partial charge in [-0.25, -0.2) is 0 Å². The van der Waals surface area contributed by atoms with E-state index in [9.17, 15) is 9.59 Å². The molecule has 182 valence electrons. The number of amides is 2. The predicted octanol–water partition coefficient (Wildman–Crippen LogP) is 4.90. The summed E-state index contributed by atoms with van der Waals surface area (Å²) in [7, 11) is 3.17. The molecule has 0 saturated carbocycles. The molecule has 3 aromatic carbocycles. The number of anilines is 2. The highest BCUT2D eigenvalue weighted by molar-refractivity contribution is 6.01. The van der Waals surface area contributed by atoms with Crippen molar-refractivity contribution in [2.45, 2.75) is 39.3 Å². The van der Waals surface area contributed by atoms with Crippen LogP contribution in [0.15, 0.2) is 60.7 Å². The van der Waals surface area contributed by atoms with Crippen LogP contribution >= 0.6 is 0 Å². The maximum atomic E-state index is 13.0. The first kappa shape index (κ1) is 24.1. The molecule has 0 aliphatic carbocycles. The molecule has 7 heteroatoms. The van der Waals surface area contributed by atoms with E-state index in [2.05, 4.69) is 5.32 Å². The molecule has 1 aliphatic heterocycles. The number of rotatable bonds is 8. The fraction of sp³-hybridized carbons (Fsp3) is 0.286. The van der Waals surface area contributed by atoms with E-state index in [0.717, 1.165) is 16.7 Å². The number of carbonyl (C=O) groups excluding carboxylic acids is 2. The zero-order valence-corrected chi connectivity index (χ0v) is 20.5. The number of hydrogen-bond donors (Lipinski definition) is 1. The van der Waals surface area contributed by atoms with Crippen molar-refractivity contribution in [3.8, 4) is 17.2 Å². The number of aryl methyl sites for hydroxylation is 2. The summed E-state index contributed by atoms with van der Waals surface area (Å²) < 4.78 is 16.4. The van der Waals surface area contributed by atoms with Crippen molar-refractivity contribution in [2.75, 3.05) is 24.4 Å². The van der Waals surface area contributed by atoms with Gasteiger partial charge in [-0.05, 0) is 67.3 Å². The van der Waals surface area contributed by atoms with Gasteiger partial charge in [-0.2, -0.15) is 0 Å². The minimum Gasteiger partial charge on any atom is -0.493 e. The molecule has 2 amide bonds. The first-order chi connectivity index (χ1) is 16.9. The standard InChI is InChI=1S/C28H30N2O5/c1-18-7-5-6-8-21(18)17-30-23-16-22(11-13-24(23)35-19(2)28(30)32)29-27(31)14-10-20-9-12-25(33-3)26(15-20)34-4/h5-9,11-13,15-16,19H,10,14,17H2,1-4H3,(H,29,31). The van der Waals surface area contributed by atoms with Gasteiger partial charge in [-0.3, -0.25) is 9.59 Å². The van der Waals surface area contributed by atoms with E-state index in [1.807, 2.05) is 49.4 Å². The van der Waals surface area contributed by atoms with Gasteiger partial charge in [-0.1, -0.05) is 30.3 Å². The first-order valence-electron chi connectivity index (χ1n) is 11.6. The lowest BCUT2D eigenvalue weighted by molar-refractivity contribution is -0.125. The van der Waals surface area contributed by atoms with Crippen molar-refractivity contribution in [2.24, 2.45) is 0 Å². The van der Waals surface area contributed by atoms with Gasteiger partial charge < -0.3 is 24.4 Å². The van der Waals surface area contributed by atoms with Crippen molar-refractivity contribution in [3.63, 3.8) is 0 Å². The molecule has 7 nitrogen and oxygen atoms in total. The van der Waals surface area contributed by atoms with E-state index in [0.29, 0.717) is 48.0 Å². The minimum atomic E-state index is -0.576. The summed E-state index contributed by atoms with van der Waals surface area (Å²) in [5, 5.41) is 2.95. The Hall–Kier alpha value is -4.00. The van der Waals surface area contributed by atoms with Gasteiger partial charge >= 0.3 is 0 Å². The summed E-state index contributed by atoms with van der Waals surface area (Å²) in [5.74, 6) is 1.66. The van der Waals surface area contributed by atoms with Gasteiger partial charge in [0.1, 0.15) is 5.75 Å². The molecule has 0 fully saturated rings. The van der Waals surface area contributed by atoms with E-state index in [1.54, 1.807) is 44.2 Å². The lowest BCUT2D eigenvalue weighted by atomic mass is 10.1. The second-order valence-electron chi connectivity index (χ2n) is 8.53. The summed E-state index contributed by atoms with van der Waals surface area (Å²) in [5.41, 5.74) is 4.40. The number of nitrogens with one attached hydrogen (secondary N) is 1. The fourth-order valence-electron chi connectivity index (χ4n) is 4.12. The van der Waals surface area contributed by atoms with Crippen LogP contribution in [0.1, 0.15) is 30.0 Å². The topological polar surface area (TPSA) is 77.1 Å². The fourth-order valence-corrected chi connectivity index (χ4v) is 4.12. The Bertz CT molecular complexity index is 1240. The maximum absolute atomic E-state index is 13.0. The van der Waals surface area contributed by atoms with E-state index in [1.165, 1.54) is 0 Å². The average Bonchev–Trinajstić information content (AvgIpc) is 2.86. The molecule has 0 spiro atoms. The maximum Gasteiger partial charge on any atom is 0.268 e. The van der Waals surface area contributed by atoms with Gasteiger partial charge in [0, 0.05) is 12.1 Å². The molecule has 0 bridgehead atoms. The molecule has 1 heterocycles. The van der Waals surface area contributed by atoms with Crippen molar-refractivity contribution < 1.29 is 23.8 Å². The van der Waals surface area contributed by atoms with Crippen molar-refractivity contribution in [1.82, 2.24) is 0 Å². The molecule has 3 aromatic rings.